The van der Waals surface area contributed by atoms with Gasteiger partial charge >= 0.3 is 0 Å². The van der Waals surface area contributed by atoms with Crippen molar-refractivity contribution < 1.29 is 4.79 Å². The molecule has 0 bridgehead atoms. The topological polar surface area (TPSA) is 60.7 Å². The van der Waals surface area contributed by atoms with Crippen molar-refractivity contribution in [1.29, 1.82) is 0 Å². The van der Waals surface area contributed by atoms with Crippen molar-refractivity contribution >= 4 is 17.6 Å². The van der Waals surface area contributed by atoms with E-state index >= 15 is 0 Å². The van der Waals surface area contributed by atoms with Gasteiger partial charge in [-0.05, 0) is 20.3 Å². The fourth-order valence-electron chi connectivity index (χ4n) is 1.58. The summed E-state index contributed by atoms with van der Waals surface area (Å²) in [5, 5.41) is 8.68. The highest BCUT2D eigenvalue weighted by atomic mass is 32.1. The third kappa shape index (κ3) is 2.12. The molecule has 2 aromatic rings. The zero-order chi connectivity index (χ0) is 12.4. The molecule has 0 aromatic carbocycles. The van der Waals surface area contributed by atoms with E-state index in [0.717, 1.165) is 40.5 Å². The molecule has 6 heteroatoms. The zero-order valence-electron chi connectivity index (χ0n) is 10.1. The van der Waals surface area contributed by atoms with Gasteiger partial charge in [-0.15, -0.1) is 5.10 Å². The molecule has 2 rings (SSSR count). The van der Waals surface area contributed by atoms with Crippen LogP contribution in [0.15, 0.2) is 0 Å². The third-order valence-corrected chi connectivity index (χ3v) is 3.64. The fourth-order valence-corrected chi connectivity index (χ4v) is 2.46. The first kappa shape index (κ1) is 11.9. The fraction of sp³-hybridized carbons (Fsp3) is 0.455. The maximum Gasteiger partial charge on any atom is 0.212 e. The number of hydrogen-bond donors (Lipinski definition) is 0. The molecular formula is C11H14N4OS. The number of aromatic nitrogens is 4. The first-order valence-corrected chi connectivity index (χ1v) is 6.33. The van der Waals surface area contributed by atoms with E-state index in [9.17, 15) is 4.79 Å². The van der Waals surface area contributed by atoms with Gasteiger partial charge < -0.3 is 0 Å². The minimum atomic E-state index is 0.414. The van der Waals surface area contributed by atoms with E-state index in [0.29, 0.717) is 5.69 Å². The molecule has 0 aliphatic rings. The molecule has 0 aliphatic heterocycles. The normalized spacial score (nSPS) is 10.8. The Kier molecular flexibility index (Phi) is 3.33. The average Bonchev–Trinajstić information content (AvgIpc) is 2.84. The van der Waals surface area contributed by atoms with Gasteiger partial charge in [0.25, 0.3) is 0 Å². The predicted octanol–water partition coefficient (Wildman–Crippen LogP) is 2.11. The number of rotatable bonds is 4. The lowest BCUT2D eigenvalue weighted by Crippen LogP contribution is -2.03. The summed E-state index contributed by atoms with van der Waals surface area (Å²) in [4.78, 5) is 16.5. The van der Waals surface area contributed by atoms with E-state index in [-0.39, 0.29) is 0 Å². The second kappa shape index (κ2) is 4.75. The summed E-state index contributed by atoms with van der Waals surface area (Å²) >= 11 is 1.56. The number of thiazole rings is 1. The Balaban J connectivity index is 2.51. The third-order valence-electron chi connectivity index (χ3n) is 2.59. The molecule has 17 heavy (non-hydrogen) atoms. The van der Waals surface area contributed by atoms with Crippen molar-refractivity contribution in [2.75, 3.05) is 0 Å². The molecule has 0 N–H and O–H groups in total. The summed E-state index contributed by atoms with van der Waals surface area (Å²) < 4.78 is 1.68. The largest absolute Gasteiger partial charge is 0.296 e. The van der Waals surface area contributed by atoms with Crippen LogP contribution in [-0.2, 0) is 6.42 Å². The molecule has 0 radical (unpaired) electrons. The summed E-state index contributed by atoms with van der Waals surface area (Å²) in [6.45, 7) is 6.05. The lowest BCUT2D eigenvalue weighted by atomic mass is 10.2. The number of hydrogen-bond acceptors (Lipinski definition) is 5. The molecule has 0 amide bonds. The SMILES string of the molecule is CCCc1c(C=O)nnn1-c1nc(C)c(C)s1. The van der Waals surface area contributed by atoms with Gasteiger partial charge in [0.2, 0.25) is 5.13 Å². The van der Waals surface area contributed by atoms with Gasteiger partial charge in [-0.25, -0.2) is 4.98 Å². The van der Waals surface area contributed by atoms with Gasteiger partial charge in [-0.2, -0.15) is 4.68 Å². The van der Waals surface area contributed by atoms with Gasteiger partial charge in [-0.3, -0.25) is 4.79 Å². The summed E-state index contributed by atoms with van der Waals surface area (Å²) in [5.41, 5.74) is 2.25. The van der Waals surface area contributed by atoms with Crippen LogP contribution in [0.1, 0.15) is 40.1 Å². The molecule has 0 saturated heterocycles. The van der Waals surface area contributed by atoms with Crippen LogP contribution in [-0.4, -0.2) is 26.3 Å². The van der Waals surface area contributed by atoms with Gasteiger partial charge in [-0.1, -0.05) is 29.9 Å². The Hall–Kier alpha value is -1.56. The monoisotopic (exact) mass is 250 g/mol. The zero-order valence-corrected chi connectivity index (χ0v) is 10.9. The highest BCUT2D eigenvalue weighted by Crippen LogP contribution is 2.22. The predicted molar refractivity (Wildman–Crippen MR) is 65.9 cm³/mol. The lowest BCUT2D eigenvalue weighted by molar-refractivity contribution is 0.111. The van der Waals surface area contributed by atoms with Crippen molar-refractivity contribution in [3.05, 3.63) is 22.0 Å². The number of carbonyl (C=O) groups excluding carboxylic acids is 1. The second-order valence-electron chi connectivity index (χ2n) is 3.84. The van der Waals surface area contributed by atoms with E-state index in [4.69, 9.17) is 0 Å². The molecule has 0 atom stereocenters. The van der Waals surface area contributed by atoms with E-state index in [2.05, 4.69) is 22.2 Å². The first-order valence-electron chi connectivity index (χ1n) is 5.51. The van der Waals surface area contributed by atoms with Crippen LogP contribution in [0.3, 0.4) is 0 Å². The molecule has 0 saturated carbocycles. The van der Waals surface area contributed by atoms with Crippen LogP contribution in [0.4, 0.5) is 0 Å². The minimum Gasteiger partial charge on any atom is -0.296 e. The van der Waals surface area contributed by atoms with Crippen molar-refractivity contribution in [2.45, 2.75) is 33.6 Å². The first-order chi connectivity index (χ1) is 8.17. The van der Waals surface area contributed by atoms with Crippen molar-refractivity contribution in [2.24, 2.45) is 0 Å². The Morgan fingerprint density at radius 3 is 2.71 bits per heavy atom. The molecule has 2 aromatic heterocycles. The smallest absolute Gasteiger partial charge is 0.212 e. The highest BCUT2D eigenvalue weighted by Gasteiger charge is 2.15. The summed E-state index contributed by atoms with van der Waals surface area (Å²) in [5.74, 6) is 0. The maximum atomic E-state index is 10.9. The highest BCUT2D eigenvalue weighted by molar-refractivity contribution is 7.14. The van der Waals surface area contributed by atoms with Crippen LogP contribution < -0.4 is 0 Å². The molecule has 0 fully saturated rings. The summed E-state index contributed by atoms with van der Waals surface area (Å²) in [6.07, 6.45) is 2.47. The Morgan fingerprint density at radius 1 is 1.41 bits per heavy atom. The van der Waals surface area contributed by atoms with Crippen molar-refractivity contribution in [1.82, 2.24) is 20.0 Å². The van der Waals surface area contributed by atoms with Crippen molar-refractivity contribution in [3.8, 4) is 5.13 Å². The molecule has 2 heterocycles. The Labute approximate surface area is 103 Å². The van der Waals surface area contributed by atoms with Crippen LogP contribution >= 0.6 is 11.3 Å². The number of aryl methyl sites for hydroxylation is 2. The van der Waals surface area contributed by atoms with Crippen LogP contribution in [0.25, 0.3) is 5.13 Å². The van der Waals surface area contributed by atoms with Gasteiger partial charge in [0.1, 0.15) is 5.69 Å². The van der Waals surface area contributed by atoms with Crippen LogP contribution in [0, 0.1) is 13.8 Å². The lowest BCUT2D eigenvalue weighted by Gasteiger charge is -2.00. The van der Waals surface area contributed by atoms with Crippen LogP contribution in [0.2, 0.25) is 0 Å². The quantitative estimate of drug-likeness (QED) is 0.780. The van der Waals surface area contributed by atoms with Crippen LogP contribution in [0.5, 0.6) is 0 Å². The number of nitrogens with zero attached hydrogens (tertiary/aromatic N) is 4. The van der Waals surface area contributed by atoms with E-state index in [1.54, 1.807) is 16.0 Å². The van der Waals surface area contributed by atoms with Crippen molar-refractivity contribution in [3.63, 3.8) is 0 Å². The standard InChI is InChI=1S/C11H14N4OS/c1-4-5-10-9(6-16)13-14-15(10)11-12-7(2)8(3)17-11/h6H,4-5H2,1-3H3. The van der Waals surface area contributed by atoms with Gasteiger partial charge in [0.05, 0.1) is 11.4 Å². The average molecular weight is 250 g/mol. The summed E-state index contributed by atoms with van der Waals surface area (Å²) in [7, 11) is 0. The maximum absolute atomic E-state index is 10.9. The number of aldehydes is 1. The van der Waals surface area contributed by atoms with E-state index in [1.165, 1.54) is 0 Å². The Morgan fingerprint density at radius 2 is 2.18 bits per heavy atom. The second-order valence-corrected chi connectivity index (χ2v) is 5.02. The van der Waals surface area contributed by atoms with Gasteiger partial charge in [0, 0.05) is 4.88 Å². The van der Waals surface area contributed by atoms with E-state index in [1.807, 2.05) is 13.8 Å². The molecule has 90 valence electrons. The molecular weight excluding hydrogens is 236 g/mol. The number of carbonyl (C=O) groups is 1. The molecule has 0 spiro atoms. The molecule has 0 aliphatic carbocycles. The molecule has 0 unspecified atom stereocenters. The van der Waals surface area contributed by atoms with E-state index < -0.39 is 0 Å². The Bertz CT molecular complexity index is 524. The minimum absolute atomic E-state index is 0.414. The van der Waals surface area contributed by atoms with Gasteiger partial charge in [0.15, 0.2) is 6.29 Å². The summed E-state index contributed by atoms with van der Waals surface area (Å²) in [6, 6.07) is 0. The molecule has 5 nitrogen and oxygen atoms in total.